The molecule has 4 nitrogen and oxygen atoms in total. The molecule has 10 rings (SSSR count). The van der Waals surface area contributed by atoms with Crippen LogP contribution in [0.3, 0.4) is 0 Å². The summed E-state index contributed by atoms with van der Waals surface area (Å²) in [7, 11) is 0. The first-order chi connectivity index (χ1) is 25.2. The van der Waals surface area contributed by atoms with Gasteiger partial charge < -0.3 is 0 Å². The molecular formula is C46H30N4S. The largest absolute Gasteiger partial charge is 0.256 e. The van der Waals surface area contributed by atoms with Gasteiger partial charge in [-0.15, -0.1) is 0 Å². The van der Waals surface area contributed by atoms with Crippen molar-refractivity contribution >= 4 is 11.8 Å². The van der Waals surface area contributed by atoms with Crippen LogP contribution in [0, 0.1) is 6.92 Å². The van der Waals surface area contributed by atoms with Gasteiger partial charge in [0, 0.05) is 38.2 Å². The summed E-state index contributed by atoms with van der Waals surface area (Å²) < 4.78 is 0. The monoisotopic (exact) mass is 670 g/mol. The Kier molecular flexibility index (Phi) is 6.83. The predicted molar refractivity (Wildman–Crippen MR) is 206 cm³/mol. The van der Waals surface area contributed by atoms with E-state index < -0.39 is 5.41 Å². The molecule has 1 aliphatic heterocycles. The Labute approximate surface area is 301 Å². The van der Waals surface area contributed by atoms with Crippen LogP contribution in [-0.4, -0.2) is 19.9 Å². The van der Waals surface area contributed by atoms with Crippen LogP contribution in [0.5, 0.6) is 0 Å². The van der Waals surface area contributed by atoms with Crippen molar-refractivity contribution in [3.05, 3.63) is 192 Å². The fraction of sp³-hybridized carbons (Fsp3) is 0.0435. The molecule has 51 heavy (non-hydrogen) atoms. The molecule has 6 aromatic carbocycles. The number of rotatable bonds is 4. The molecule has 1 spiro atoms. The van der Waals surface area contributed by atoms with Crippen LogP contribution >= 0.6 is 11.8 Å². The summed E-state index contributed by atoms with van der Waals surface area (Å²) in [6.45, 7) is 2.14. The number of hydrogen-bond acceptors (Lipinski definition) is 5. The Hall–Kier alpha value is -6.17. The zero-order chi connectivity index (χ0) is 33.9. The maximum atomic E-state index is 5.21. The van der Waals surface area contributed by atoms with E-state index in [1.54, 1.807) is 0 Å². The summed E-state index contributed by atoms with van der Waals surface area (Å²) in [5.41, 5.74) is 13.0. The lowest BCUT2D eigenvalue weighted by Gasteiger charge is -2.40. The van der Waals surface area contributed by atoms with Crippen molar-refractivity contribution in [1.29, 1.82) is 0 Å². The summed E-state index contributed by atoms with van der Waals surface area (Å²) >= 11 is 1.82. The average molecular weight is 671 g/mol. The number of aromatic nitrogens is 4. The molecule has 1 aliphatic carbocycles. The Morgan fingerprint density at radius 3 is 1.63 bits per heavy atom. The van der Waals surface area contributed by atoms with Crippen LogP contribution in [0.4, 0.5) is 0 Å². The van der Waals surface area contributed by atoms with Gasteiger partial charge >= 0.3 is 0 Å². The maximum absolute atomic E-state index is 5.21. The van der Waals surface area contributed by atoms with Gasteiger partial charge in [-0.2, -0.15) is 0 Å². The van der Waals surface area contributed by atoms with E-state index in [0.717, 1.165) is 33.5 Å². The van der Waals surface area contributed by atoms with Crippen molar-refractivity contribution in [3.63, 3.8) is 0 Å². The van der Waals surface area contributed by atoms with Crippen molar-refractivity contribution in [2.45, 2.75) is 22.1 Å². The summed E-state index contributed by atoms with van der Waals surface area (Å²) in [5.74, 6) is 1.88. The third kappa shape index (κ3) is 4.48. The van der Waals surface area contributed by atoms with E-state index in [0.29, 0.717) is 17.5 Å². The van der Waals surface area contributed by atoms with Gasteiger partial charge in [0.1, 0.15) is 0 Å². The van der Waals surface area contributed by atoms with Gasteiger partial charge in [-0.25, -0.2) is 15.0 Å². The van der Waals surface area contributed by atoms with Gasteiger partial charge in [0.2, 0.25) is 0 Å². The van der Waals surface area contributed by atoms with Crippen molar-refractivity contribution < 1.29 is 0 Å². The zero-order valence-corrected chi connectivity index (χ0v) is 28.6. The molecule has 8 aromatic rings. The maximum Gasteiger partial charge on any atom is 0.164 e. The molecule has 0 bridgehead atoms. The van der Waals surface area contributed by atoms with E-state index in [1.807, 2.05) is 60.4 Å². The first kappa shape index (κ1) is 29.7. The molecule has 0 saturated heterocycles. The second-order valence-electron chi connectivity index (χ2n) is 13.0. The van der Waals surface area contributed by atoms with Crippen LogP contribution in [0.1, 0.15) is 27.8 Å². The van der Waals surface area contributed by atoms with Gasteiger partial charge in [0.05, 0.1) is 11.1 Å². The van der Waals surface area contributed by atoms with E-state index >= 15 is 0 Å². The van der Waals surface area contributed by atoms with E-state index in [2.05, 4.69) is 122 Å². The third-order valence-corrected chi connectivity index (χ3v) is 11.4. The van der Waals surface area contributed by atoms with E-state index in [4.69, 9.17) is 19.9 Å². The Morgan fingerprint density at radius 1 is 0.451 bits per heavy atom. The molecular weight excluding hydrogens is 641 g/mol. The van der Waals surface area contributed by atoms with Crippen molar-refractivity contribution in [2.75, 3.05) is 0 Å². The van der Waals surface area contributed by atoms with Crippen molar-refractivity contribution in [1.82, 2.24) is 19.9 Å². The van der Waals surface area contributed by atoms with Gasteiger partial charge in [-0.1, -0.05) is 157 Å². The molecule has 5 heteroatoms. The quantitative estimate of drug-likeness (QED) is 0.187. The highest BCUT2D eigenvalue weighted by molar-refractivity contribution is 7.99. The third-order valence-electron chi connectivity index (χ3n) is 10.2. The highest BCUT2D eigenvalue weighted by atomic mass is 32.2. The lowest BCUT2D eigenvalue weighted by atomic mass is 9.66. The number of aryl methyl sites for hydroxylation is 1. The zero-order valence-electron chi connectivity index (χ0n) is 27.8. The fourth-order valence-corrected chi connectivity index (χ4v) is 9.36. The lowest BCUT2D eigenvalue weighted by molar-refractivity contribution is 0.723. The van der Waals surface area contributed by atoms with Gasteiger partial charge in [-0.3, -0.25) is 4.98 Å². The first-order valence-corrected chi connectivity index (χ1v) is 18.0. The molecule has 3 heterocycles. The van der Waals surface area contributed by atoms with Crippen LogP contribution in [0.15, 0.2) is 174 Å². The Balaban J connectivity index is 1.33. The second kappa shape index (κ2) is 11.7. The molecule has 0 fully saturated rings. The number of nitrogens with zero attached hydrogens (tertiary/aromatic N) is 4. The van der Waals surface area contributed by atoms with Crippen molar-refractivity contribution in [3.8, 4) is 56.5 Å². The van der Waals surface area contributed by atoms with Crippen molar-refractivity contribution in [2.24, 2.45) is 0 Å². The minimum Gasteiger partial charge on any atom is -0.256 e. The summed E-state index contributed by atoms with van der Waals surface area (Å²) in [4.78, 5) is 22.9. The van der Waals surface area contributed by atoms with E-state index in [9.17, 15) is 0 Å². The lowest BCUT2D eigenvalue weighted by Crippen LogP contribution is -2.32. The Morgan fingerprint density at radius 2 is 1.00 bits per heavy atom. The molecule has 0 amide bonds. The molecule has 0 radical (unpaired) electrons. The molecule has 0 saturated carbocycles. The highest BCUT2D eigenvalue weighted by Gasteiger charge is 2.50. The second-order valence-corrected chi connectivity index (χ2v) is 14.1. The SMILES string of the molecule is Cc1cccnc1-c1c(-c2nc(-c3ccccc3)nc(-c3ccccc3)n2)ccc2c1Sc1ccccc1C21c2ccccc2-c2ccccc21. The molecule has 2 aromatic heterocycles. The van der Waals surface area contributed by atoms with E-state index in [1.165, 1.54) is 43.2 Å². The molecule has 0 atom stereocenters. The standard InChI is InChI=1S/C46H30N4S/c1-29-15-14-28-47-41(29)40-34(45-49-43(30-16-4-2-5-17-30)48-44(50-45)31-18-6-3-7-19-31)26-27-38-42(40)51-39-25-13-12-24-37(39)46(38)35-22-10-8-20-32(35)33-21-9-11-23-36(33)46/h2-28H,1H3. The number of pyridine rings is 1. The average Bonchev–Trinajstić information content (AvgIpc) is 3.49. The van der Waals surface area contributed by atoms with E-state index in [-0.39, 0.29) is 0 Å². The van der Waals surface area contributed by atoms with Gasteiger partial charge in [0.15, 0.2) is 17.5 Å². The number of benzene rings is 6. The highest BCUT2D eigenvalue weighted by Crippen LogP contribution is 2.63. The van der Waals surface area contributed by atoms with Crippen LogP contribution < -0.4 is 0 Å². The predicted octanol–water partition coefficient (Wildman–Crippen LogP) is 11.1. The topological polar surface area (TPSA) is 51.6 Å². The summed E-state index contributed by atoms with van der Waals surface area (Å²) in [6, 6.07) is 55.7. The minimum atomic E-state index is -0.510. The smallest absolute Gasteiger partial charge is 0.164 e. The van der Waals surface area contributed by atoms with Gasteiger partial charge in [0.25, 0.3) is 0 Å². The molecule has 240 valence electrons. The fourth-order valence-electron chi connectivity index (χ4n) is 8.02. The first-order valence-electron chi connectivity index (χ1n) is 17.2. The molecule has 0 N–H and O–H groups in total. The van der Waals surface area contributed by atoms with Gasteiger partial charge in [-0.05, 0) is 58.0 Å². The number of hydrogen-bond donors (Lipinski definition) is 0. The Bertz CT molecular complexity index is 2530. The molecule has 0 unspecified atom stereocenters. The summed E-state index contributed by atoms with van der Waals surface area (Å²) in [5, 5.41) is 0. The van der Waals surface area contributed by atoms with Crippen LogP contribution in [0.2, 0.25) is 0 Å². The molecule has 2 aliphatic rings. The minimum absolute atomic E-state index is 0.510. The summed E-state index contributed by atoms with van der Waals surface area (Å²) in [6.07, 6.45) is 1.89. The van der Waals surface area contributed by atoms with Crippen LogP contribution in [-0.2, 0) is 5.41 Å². The number of fused-ring (bicyclic) bond motifs is 9. The normalized spacial score (nSPS) is 13.3. The van der Waals surface area contributed by atoms with Crippen LogP contribution in [0.25, 0.3) is 56.5 Å².